The van der Waals surface area contributed by atoms with E-state index >= 15 is 0 Å². The van der Waals surface area contributed by atoms with Crippen molar-refractivity contribution in [2.24, 2.45) is 0 Å². The van der Waals surface area contributed by atoms with Gasteiger partial charge in [0.1, 0.15) is 11.1 Å². The lowest BCUT2D eigenvalue weighted by molar-refractivity contribution is -0.306. The van der Waals surface area contributed by atoms with Crippen LogP contribution in [0.2, 0.25) is 0 Å². The summed E-state index contributed by atoms with van der Waals surface area (Å²) >= 11 is 0. The van der Waals surface area contributed by atoms with E-state index in [0.717, 1.165) is 17.5 Å². The van der Waals surface area contributed by atoms with Gasteiger partial charge in [0.15, 0.2) is 0 Å². The minimum absolute atomic E-state index is 0.459. The molecule has 1 fully saturated rings. The molecule has 1 aliphatic carbocycles. The average Bonchev–Trinajstić information content (AvgIpc) is 2.59. The standard InChI is InChI=1S/C15H17NO4/c1-14-8-7-10-5-3-4-6-11(10)15(14,2)16(9-12(17)18)13(19)20-14/h3-6H,7-9H2,1-2H3,(H,17,18)/p-1/t14-,15-/m0/s1. The maximum absolute atomic E-state index is 12.1. The summed E-state index contributed by atoms with van der Waals surface area (Å²) in [4.78, 5) is 24.4. The fourth-order valence-corrected chi connectivity index (χ4v) is 3.48. The lowest BCUT2D eigenvalue weighted by atomic mass is 9.67. The van der Waals surface area contributed by atoms with Crippen LogP contribution in [-0.4, -0.2) is 29.1 Å². The van der Waals surface area contributed by atoms with Crippen molar-refractivity contribution in [1.82, 2.24) is 4.90 Å². The zero-order valence-electron chi connectivity index (χ0n) is 11.5. The van der Waals surface area contributed by atoms with Gasteiger partial charge in [0.2, 0.25) is 0 Å². The van der Waals surface area contributed by atoms with E-state index < -0.39 is 29.7 Å². The van der Waals surface area contributed by atoms with Crippen LogP contribution in [0, 0.1) is 0 Å². The Balaban J connectivity index is 2.18. The van der Waals surface area contributed by atoms with Crippen molar-refractivity contribution in [2.45, 2.75) is 37.8 Å². The monoisotopic (exact) mass is 274 g/mol. The van der Waals surface area contributed by atoms with Gasteiger partial charge in [0.05, 0.1) is 12.5 Å². The van der Waals surface area contributed by atoms with Crippen molar-refractivity contribution in [3.63, 3.8) is 0 Å². The van der Waals surface area contributed by atoms with Crippen molar-refractivity contribution in [2.75, 3.05) is 6.54 Å². The molecular weight excluding hydrogens is 258 g/mol. The Morgan fingerprint density at radius 1 is 1.40 bits per heavy atom. The van der Waals surface area contributed by atoms with Gasteiger partial charge in [-0.2, -0.15) is 0 Å². The molecule has 1 aliphatic heterocycles. The Hall–Kier alpha value is -2.04. The number of aliphatic carboxylic acids is 1. The molecule has 5 nitrogen and oxygen atoms in total. The minimum atomic E-state index is -1.28. The van der Waals surface area contributed by atoms with Crippen LogP contribution in [0.15, 0.2) is 24.3 Å². The number of carbonyl (C=O) groups is 2. The highest BCUT2D eigenvalue weighted by atomic mass is 16.6. The second kappa shape index (κ2) is 3.98. The summed E-state index contributed by atoms with van der Waals surface area (Å²) < 4.78 is 5.52. The van der Waals surface area contributed by atoms with Gasteiger partial charge in [-0.05, 0) is 37.8 Å². The van der Waals surface area contributed by atoms with Crippen LogP contribution in [0.4, 0.5) is 4.79 Å². The van der Waals surface area contributed by atoms with Gasteiger partial charge in [-0.3, -0.25) is 4.90 Å². The van der Waals surface area contributed by atoms with E-state index in [1.165, 1.54) is 4.90 Å². The van der Waals surface area contributed by atoms with Crippen LogP contribution >= 0.6 is 0 Å². The largest absolute Gasteiger partial charge is 0.548 e. The molecule has 2 atom stereocenters. The molecule has 0 N–H and O–H groups in total. The average molecular weight is 274 g/mol. The van der Waals surface area contributed by atoms with E-state index in [-0.39, 0.29) is 0 Å². The fourth-order valence-electron chi connectivity index (χ4n) is 3.48. The molecule has 5 heteroatoms. The Bertz CT molecular complexity index is 599. The van der Waals surface area contributed by atoms with Crippen molar-refractivity contribution in [1.29, 1.82) is 0 Å². The smallest absolute Gasteiger partial charge is 0.411 e. The van der Waals surface area contributed by atoms with E-state index in [0.29, 0.717) is 6.42 Å². The first kappa shape index (κ1) is 13.0. The normalized spacial score (nSPS) is 31.5. The number of hydrogen-bond donors (Lipinski definition) is 0. The first-order valence-electron chi connectivity index (χ1n) is 6.67. The maximum Gasteiger partial charge on any atom is 0.411 e. The van der Waals surface area contributed by atoms with Crippen molar-refractivity contribution >= 4 is 12.1 Å². The Labute approximate surface area is 117 Å². The van der Waals surface area contributed by atoms with Crippen molar-refractivity contribution in [3.05, 3.63) is 35.4 Å². The van der Waals surface area contributed by atoms with Crippen LogP contribution in [0.3, 0.4) is 0 Å². The summed E-state index contributed by atoms with van der Waals surface area (Å²) in [7, 11) is 0. The van der Waals surface area contributed by atoms with Crippen molar-refractivity contribution < 1.29 is 19.4 Å². The van der Waals surface area contributed by atoms with Gasteiger partial charge < -0.3 is 14.6 Å². The second-order valence-corrected chi connectivity index (χ2v) is 5.79. The number of fused-ring (bicyclic) bond motifs is 3. The summed E-state index contributed by atoms with van der Waals surface area (Å²) in [5.41, 5.74) is 0.599. The van der Waals surface area contributed by atoms with Crippen molar-refractivity contribution in [3.8, 4) is 0 Å². The number of benzene rings is 1. The maximum atomic E-state index is 12.1. The summed E-state index contributed by atoms with van der Waals surface area (Å²) in [6.07, 6.45) is 0.903. The molecule has 0 unspecified atom stereocenters. The zero-order valence-corrected chi connectivity index (χ0v) is 11.5. The number of hydrogen-bond acceptors (Lipinski definition) is 4. The topological polar surface area (TPSA) is 69.7 Å². The molecule has 0 saturated carbocycles. The molecule has 3 rings (SSSR count). The summed E-state index contributed by atoms with van der Waals surface area (Å²) in [5, 5.41) is 11.0. The van der Waals surface area contributed by atoms with Gasteiger partial charge >= 0.3 is 6.09 Å². The minimum Gasteiger partial charge on any atom is -0.548 e. The first-order valence-corrected chi connectivity index (χ1v) is 6.67. The van der Waals surface area contributed by atoms with E-state index in [4.69, 9.17) is 4.74 Å². The molecule has 1 aromatic rings. The summed E-state index contributed by atoms with van der Waals surface area (Å²) in [6, 6.07) is 7.80. The van der Waals surface area contributed by atoms with Crippen LogP contribution in [-0.2, 0) is 21.5 Å². The molecule has 106 valence electrons. The number of carboxylic acid groups (broad SMARTS) is 1. The quantitative estimate of drug-likeness (QED) is 0.800. The molecule has 0 aromatic heterocycles. The highest BCUT2D eigenvalue weighted by Crippen LogP contribution is 2.52. The predicted octanol–water partition coefficient (Wildman–Crippen LogP) is 0.809. The molecule has 1 aromatic carbocycles. The zero-order chi connectivity index (χ0) is 14.5. The Morgan fingerprint density at radius 2 is 2.10 bits per heavy atom. The number of carboxylic acids is 1. The van der Waals surface area contributed by atoms with E-state index in [2.05, 4.69) is 0 Å². The fraction of sp³-hybridized carbons (Fsp3) is 0.467. The third kappa shape index (κ3) is 1.49. The number of rotatable bonds is 2. The number of aryl methyl sites for hydroxylation is 1. The van der Waals surface area contributed by atoms with Gasteiger partial charge in [-0.1, -0.05) is 24.3 Å². The van der Waals surface area contributed by atoms with Gasteiger partial charge in [0.25, 0.3) is 0 Å². The van der Waals surface area contributed by atoms with Crippen LogP contribution < -0.4 is 5.11 Å². The van der Waals surface area contributed by atoms with Gasteiger partial charge in [-0.25, -0.2) is 4.79 Å². The molecule has 1 saturated heterocycles. The SMILES string of the molecule is C[C@]12CCc3ccccc3[C@]1(C)N(CC(=O)[O-])C(=O)O2. The molecule has 0 bridgehead atoms. The van der Waals surface area contributed by atoms with Crippen LogP contribution in [0.5, 0.6) is 0 Å². The molecular formula is C15H16NO4-. The molecule has 1 amide bonds. The Morgan fingerprint density at radius 3 is 2.80 bits per heavy atom. The third-order valence-corrected chi connectivity index (χ3v) is 4.80. The van der Waals surface area contributed by atoms with E-state index in [1.807, 2.05) is 38.1 Å². The summed E-state index contributed by atoms with van der Waals surface area (Å²) in [6.45, 7) is 3.29. The predicted molar refractivity (Wildman–Crippen MR) is 68.7 cm³/mol. The number of nitrogens with zero attached hydrogens (tertiary/aromatic N) is 1. The molecule has 0 radical (unpaired) electrons. The van der Waals surface area contributed by atoms with E-state index in [1.54, 1.807) is 0 Å². The Kier molecular flexibility index (Phi) is 2.58. The number of ether oxygens (including phenoxy) is 1. The highest BCUT2D eigenvalue weighted by Gasteiger charge is 2.62. The lowest BCUT2D eigenvalue weighted by Gasteiger charge is -2.46. The van der Waals surface area contributed by atoms with Gasteiger partial charge in [-0.15, -0.1) is 0 Å². The molecule has 2 aliphatic rings. The number of carbonyl (C=O) groups excluding carboxylic acids is 2. The number of amides is 1. The molecule has 0 spiro atoms. The van der Waals surface area contributed by atoms with E-state index in [9.17, 15) is 14.7 Å². The van der Waals surface area contributed by atoms with Crippen LogP contribution in [0.25, 0.3) is 0 Å². The molecule has 1 heterocycles. The molecule has 20 heavy (non-hydrogen) atoms. The highest BCUT2D eigenvalue weighted by molar-refractivity contribution is 5.79. The van der Waals surface area contributed by atoms with Crippen LogP contribution in [0.1, 0.15) is 31.4 Å². The third-order valence-electron chi connectivity index (χ3n) is 4.80. The van der Waals surface area contributed by atoms with Gasteiger partial charge in [0, 0.05) is 0 Å². The first-order chi connectivity index (χ1) is 9.38. The second-order valence-electron chi connectivity index (χ2n) is 5.79. The summed E-state index contributed by atoms with van der Waals surface area (Å²) in [5.74, 6) is -1.28. The lowest BCUT2D eigenvalue weighted by Crippen LogP contribution is -2.57.